The van der Waals surface area contributed by atoms with Crippen molar-refractivity contribution in [2.75, 3.05) is 18.9 Å². The molecule has 1 aromatic rings. The fraction of sp³-hybridized carbons (Fsp3) is 0.538. The lowest BCUT2D eigenvalue weighted by atomic mass is 9.96. The van der Waals surface area contributed by atoms with E-state index in [2.05, 4.69) is 81.9 Å². The molecule has 1 rings (SSSR count). The second kappa shape index (κ2) is 6.18. The van der Waals surface area contributed by atoms with E-state index in [9.17, 15) is 0 Å². The minimum absolute atomic E-state index is 0.320. The highest BCUT2D eigenvalue weighted by Crippen LogP contribution is 2.20. The molecule has 1 aromatic carbocycles. The van der Waals surface area contributed by atoms with E-state index in [1.165, 1.54) is 5.56 Å². The Morgan fingerprint density at radius 3 is 2.56 bits per heavy atom. The Bertz CT molecular complexity index is 336. The van der Waals surface area contributed by atoms with E-state index in [1.807, 2.05) is 0 Å². The summed E-state index contributed by atoms with van der Waals surface area (Å²) < 4.78 is 1.15. The van der Waals surface area contributed by atoms with E-state index in [-0.39, 0.29) is 0 Å². The van der Waals surface area contributed by atoms with Crippen molar-refractivity contribution in [1.29, 1.82) is 0 Å². The molecule has 0 saturated carbocycles. The highest BCUT2D eigenvalue weighted by molar-refractivity contribution is 9.10. The number of alkyl halides is 1. The number of hydrogen-bond donors (Lipinski definition) is 0. The molecule has 0 radical (unpaired) electrons. The number of hydrogen-bond acceptors (Lipinski definition) is 1. The third kappa shape index (κ3) is 4.98. The molecule has 1 nitrogen and oxygen atoms in total. The number of rotatable bonds is 5. The smallest absolute Gasteiger partial charge is 0.0231 e. The number of benzene rings is 1. The predicted molar refractivity (Wildman–Crippen MR) is 78.1 cm³/mol. The van der Waals surface area contributed by atoms with Crippen molar-refractivity contribution >= 4 is 31.9 Å². The van der Waals surface area contributed by atoms with Gasteiger partial charge in [0.1, 0.15) is 0 Å². The van der Waals surface area contributed by atoms with Gasteiger partial charge >= 0.3 is 0 Å². The van der Waals surface area contributed by atoms with Crippen molar-refractivity contribution < 1.29 is 0 Å². The van der Waals surface area contributed by atoms with Crippen molar-refractivity contribution in [3.63, 3.8) is 0 Å². The molecule has 0 aromatic heterocycles. The topological polar surface area (TPSA) is 3.24 Å². The third-order valence-corrected chi connectivity index (χ3v) is 4.41. The van der Waals surface area contributed by atoms with Crippen LogP contribution in [0.25, 0.3) is 0 Å². The second-order valence-corrected chi connectivity index (χ2v) is 6.58. The van der Waals surface area contributed by atoms with Gasteiger partial charge in [-0.25, -0.2) is 0 Å². The molecule has 0 unspecified atom stereocenters. The highest BCUT2D eigenvalue weighted by Gasteiger charge is 2.18. The van der Waals surface area contributed by atoms with E-state index >= 15 is 0 Å². The molecule has 0 aliphatic rings. The minimum Gasteiger partial charge on any atom is -0.302 e. The van der Waals surface area contributed by atoms with Gasteiger partial charge in [-0.1, -0.05) is 57.8 Å². The summed E-state index contributed by atoms with van der Waals surface area (Å²) in [6.45, 7) is 6.64. The fourth-order valence-electron chi connectivity index (χ4n) is 1.78. The zero-order chi connectivity index (χ0) is 12.2. The molecule has 0 amide bonds. The summed E-state index contributed by atoms with van der Waals surface area (Å²) in [7, 11) is 2.17. The van der Waals surface area contributed by atoms with Crippen LogP contribution in [0.2, 0.25) is 0 Å². The van der Waals surface area contributed by atoms with Crippen LogP contribution in [0.4, 0.5) is 0 Å². The first-order valence-corrected chi connectivity index (χ1v) is 7.33. The summed E-state index contributed by atoms with van der Waals surface area (Å²) in [6, 6.07) is 8.49. The van der Waals surface area contributed by atoms with Gasteiger partial charge < -0.3 is 4.90 Å². The van der Waals surface area contributed by atoms with E-state index in [0.29, 0.717) is 5.41 Å². The van der Waals surface area contributed by atoms with E-state index in [1.54, 1.807) is 0 Å². The molecule has 90 valence electrons. The molecule has 0 fully saturated rings. The Kier molecular flexibility index (Phi) is 5.48. The van der Waals surface area contributed by atoms with Crippen LogP contribution < -0.4 is 0 Å². The molecule has 0 N–H and O–H groups in total. The summed E-state index contributed by atoms with van der Waals surface area (Å²) in [4.78, 5) is 2.36. The predicted octanol–water partition coefficient (Wildman–Crippen LogP) is 4.30. The lowest BCUT2D eigenvalue weighted by Gasteiger charge is -2.28. The highest BCUT2D eigenvalue weighted by atomic mass is 79.9. The van der Waals surface area contributed by atoms with E-state index in [4.69, 9.17) is 0 Å². The molecule has 0 spiro atoms. The van der Waals surface area contributed by atoms with Gasteiger partial charge in [0, 0.05) is 22.9 Å². The quantitative estimate of drug-likeness (QED) is 0.717. The van der Waals surface area contributed by atoms with Crippen LogP contribution in [0, 0.1) is 5.41 Å². The molecule has 0 aliphatic carbocycles. The van der Waals surface area contributed by atoms with Crippen LogP contribution in [-0.4, -0.2) is 23.8 Å². The van der Waals surface area contributed by atoms with Crippen LogP contribution in [0.15, 0.2) is 28.7 Å². The van der Waals surface area contributed by atoms with Crippen LogP contribution >= 0.6 is 31.9 Å². The van der Waals surface area contributed by atoms with Gasteiger partial charge in [-0.2, -0.15) is 0 Å². The molecule has 0 aliphatic heterocycles. The molecular formula is C13H19Br2N. The lowest BCUT2D eigenvalue weighted by Crippen LogP contribution is -2.32. The van der Waals surface area contributed by atoms with E-state index < -0.39 is 0 Å². The minimum atomic E-state index is 0.320. The van der Waals surface area contributed by atoms with E-state index in [0.717, 1.165) is 22.9 Å². The van der Waals surface area contributed by atoms with Crippen LogP contribution in [0.3, 0.4) is 0 Å². The van der Waals surface area contributed by atoms with Crippen molar-refractivity contribution in [3.8, 4) is 0 Å². The normalized spacial score (nSPS) is 12.1. The zero-order valence-electron chi connectivity index (χ0n) is 10.1. The molecule has 0 atom stereocenters. The Balaban J connectivity index is 2.55. The first-order valence-electron chi connectivity index (χ1n) is 5.42. The molecule has 0 saturated heterocycles. The van der Waals surface area contributed by atoms with Crippen LogP contribution in [0.5, 0.6) is 0 Å². The maximum Gasteiger partial charge on any atom is 0.0231 e. The average molecular weight is 349 g/mol. The lowest BCUT2D eigenvalue weighted by molar-refractivity contribution is 0.226. The summed E-state index contributed by atoms with van der Waals surface area (Å²) in [6.07, 6.45) is 0. The standard InChI is InChI=1S/C13H19Br2N/c1-13(2,9-14)10-16(3)8-11-5-4-6-12(15)7-11/h4-7H,8-10H2,1-3H3. The SMILES string of the molecule is CN(Cc1cccc(Br)c1)CC(C)(C)CBr. The number of halogens is 2. The molecular weight excluding hydrogens is 330 g/mol. The van der Waals surface area contributed by atoms with Crippen molar-refractivity contribution in [2.24, 2.45) is 5.41 Å². The summed E-state index contributed by atoms with van der Waals surface area (Å²) >= 11 is 7.06. The van der Waals surface area contributed by atoms with Gasteiger partial charge in [-0.05, 0) is 30.2 Å². The summed E-state index contributed by atoms with van der Waals surface area (Å²) in [5.41, 5.74) is 1.67. The largest absolute Gasteiger partial charge is 0.302 e. The second-order valence-electron chi connectivity index (χ2n) is 5.10. The maximum atomic E-state index is 3.56. The Morgan fingerprint density at radius 2 is 2.00 bits per heavy atom. The molecule has 3 heteroatoms. The molecule has 0 heterocycles. The molecule has 0 bridgehead atoms. The van der Waals surface area contributed by atoms with Gasteiger partial charge in [0.2, 0.25) is 0 Å². The fourth-order valence-corrected chi connectivity index (χ4v) is 2.40. The monoisotopic (exact) mass is 347 g/mol. The molecule has 16 heavy (non-hydrogen) atoms. The maximum absolute atomic E-state index is 3.56. The van der Waals surface area contributed by atoms with Gasteiger partial charge in [-0.3, -0.25) is 0 Å². The summed E-state index contributed by atoms with van der Waals surface area (Å²) in [5, 5.41) is 1.03. The van der Waals surface area contributed by atoms with Crippen molar-refractivity contribution in [1.82, 2.24) is 4.90 Å². The first kappa shape index (κ1) is 14.2. The summed E-state index contributed by atoms with van der Waals surface area (Å²) in [5.74, 6) is 0. The Labute approximate surface area is 115 Å². The third-order valence-electron chi connectivity index (χ3n) is 2.40. The first-order chi connectivity index (χ1) is 7.43. The van der Waals surface area contributed by atoms with Crippen LogP contribution in [0.1, 0.15) is 19.4 Å². The van der Waals surface area contributed by atoms with Gasteiger partial charge in [0.25, 0.3) is 0 Å². The van der Waals surface area contributed by atoms with Gasteiger partial charge in [0.05, 0.1) is 0 Å². The number of nitrogens with zero attached hydrogens (tertiary/aromatic N) is 1. The van der Waals surface area contributed by atoms with Gasteiger partial charge in [0.15, 0.2) is 0 Å². The Hall–Kier alpha value is 0.140. The van der Waals surface area contributed by atoms with Crippen LogP contribution in [-0.2, 0) is 6.54 Å². The van der Waals surface area contributed by atoms with Gasteiger partial charge in [-0.15, -0.1) is 0 Å². The average Bonchev–Trinajstić information content (AvgIpc) is 2.16. The zero-order valence-corrected chi connectivity index (χ0v) is 13.3. The van der Waals surface area contributed by atoms with Crippen molar-refractivity contribution in [3.05, 3.63) is 34.3 Å². The Morgan fingerprint density at radius 1 is 1.31 bits per heavy atom. The van der Waals surface area contributed by atoms with Crippen molar-refractivity contribution in [2.45, 2.75) is 20.4 Å².